The van der Waals surface area contributed by atoms with E-state index in [-0.39, 0.29) is 5.91 Å². The smallest absolute Gasteiger partial charge is 0.250 e. The van der Waals surface area contributed by atoms with Crippen LogP contribution in [0.1, 0.15) is 12.5 Å². The lowest BCUT2D eigenvalue weighted by molar-refractivity contribution is -0.111. The van der Waals surface area contributed by atoms with Gasteiger partial charge in [0.05, 0.1) is 26.5 Å². The van der Waals surface area contributed by atoms with Gasteiger partial charge in [-0.15, -0.1) is 11.3 Å². The molecular formula is C22H22N2O4S. The first-order valence-electron chi connectivity index (χ1n) is 9.02. The molecule has 0 aliphatic carbocycles. The number of carbonyl (C=O) groups is 1. The summed E-state index contributed by atoms with van der Waals surface area (Å²) in [6.07, 6.45) is 3.16. The number of ether oxygens (including phenoxy) is 3. The topological polar surface area (TPSA) is 69.7 Å². The normalized spacial score (nSPS) is 10.7. The third-order valence-electron chi connectivity index (χ3n) is 4.03. The summed E-state index contributed by atoms with van der Waals surface area (Å²) in [6, 6.07) is 13.1. The number of nitrogens with one attached hydrogen (secondary N) is 1. The van der Waals surface area contributed by atoms with Crippen LogP contribution >= 0.6 is 11.3 Å². The number of carbonyl (C=O) groups excluding carboxylic acids is 1. The Kier molecular flexibility index (Phi) is 6.86. The monoisotopic (exact) mass is 410 g/mol. The van der Waals surface area contributed by atoms with Crippen LogP contribution in [0.2, 0.25) is 0 Å². The summed E-state index contributed by atoms with van der Waals surface area (Å²) in [4.78, 5) is 16.7. The summed E-state index contributed by atoms with van der Waals surface area (Å²) >= 11 is 1.38. The molecule has 0 saturated carbocycles. The molecule has 2 aromatic carbocycles. The van der Waals surface area contributed by atoms with E-state index < -0.39 is 0 Å². The van der Waals surface area contributed by atoms with Crippen LogP contribution in [0.25, 0.3) is 17.3 Å². The first-order valence-corrected chi connectivity index (χ1v) is 9.90. The third kappa shape index (κ3) is 5.36. The van der Waals surface area contributed by atoms with Gasteiger partial charge in [0.1, 0.15) is 5.75 Å². The number of hydrogen-bond donors (Lipinski definition) is 1. The van der Waals surface area contributed by atoms with E-state index in [1.165, 1.54) is 17.4 Å². The molecule has 0 fully saturated rings. The summed E-state index contributed by atoms with van der Waals surface area (Å²) in [5.41, 5.74) is 2.59. The van der Waals surface area contributed by atoms with Gasteiger partial charge in [-0.05, 0) is 55.0 Å². The predicted octanol–water partition coefficient (Wildman–Crippen LogP) is 4.88. The molecule has 0 unspecified atom stereocenters. The second-order valence-electron chi connectivity index (χ2n) is 5.93. The highest BCUT2D eigenvalue weighted by atomic mass is 32.1. The molecule has 0 bridgehead atoms. The summed E-state index contributed by atoms with van der Waals surface area (Å²) in [5.74, 6) is 1.81. The Hall–Kier alpha value is -3.32. The zero-order chi connectivity index (χ0) is 20.6. The van der Waals surface area contributed by atoms with Crippen LogP contribution in [0.15, 0.2) is 53.9 Å². The summed E-state index contributed by atoms with van der Waals surface area (Å²) in [7, 11) is 3.15. The highest BCUT2D eigenvalue weighted by Gasteiger charge is 2.07. The number of nitrogens with zero attached hydrogens (tertiary/aromatic N) is 1. The maximum Gasteiger partial charge on any atom is 0.250 e. The van der Waals surface area contributed by atoms with E-state index in [1.807, 2.05) is 42.6 Å². The number of amides is 1. The minimum absolute atomic E-state index is 0.257. The van der Waals surface area contributed by atoms with E-state index in [4.69, 9.17) is 14.2 Å². The van der Waals surface area contributed by atoms with Gasteiger partial charge in [-0.25, -0.2) is 4.98 Å². The van der Waals surface area contributed by atoms with Crippen molar-refractivity contribution in [3.05, 3.63) is 59.5 Å². The number of rotatable bonds is 8. The van der Waals surface area contributed by atoms with Gasteiger partial charge < -0.3 is 14.2 Å². The Balaban J connectivity index is 1.63. The fraction of sp³-hybridized carbons (Fsp3) is 0.182. The van der Waals surface area contributed by atoms with Gasteiger partial charge in [-0.1, -0.05) is 6.07 Å². The second-order valence-corrected chi connectivity index (χ2v) is 6.79. The van der Waals surface area contributed by atoms with Crippen LogP contribution in [0.4, 0.5) is 5.13 Å². The number of aromatic nitrogens is 1. The minimum Gasteiger partial charge on any atom is -0.494 e. The fourth-order valence-corrected chi connectivity index (χ4v) is 3.35. The van der Waals surface area contributed by atoms with Crippen LogP contribution in [-0.2, 0) is 4.79 Å². The Morgan fingerprint density at radius 3 is 2.55 bits per heavy atom. The van der Waals surface area contributed by atoms with Crippen molar-refractivity contribution in [1.82, 2.24) is 4.98 Å². The molecule has 1 heterocycles. The quantitative estimate of drug-likeness (QED) is 0.536. The first-order chi connectivity index (χ1) is 14.1. The Bertz CT molecular complexity index is 996. The molecule has 0 radical (unpaired) electrons. The van der Waals surface area contributed by atoms with Crippen molar-refractivity contribution in [2.24, 2.45) is 0 Å². The zero-order valence-electron chi connectivity index (χ0n) is 16.5. The van der Waals surface area contributed by atoms with Gasteiger partial charge in [-0.2, -0.15) is 0 Å². The Morgan fingerprint density at radius 1 is 1.10 bits per heavy atom. The highest BCUT2D eigenvalue weighted by molar-refractivity contribution is 7.14. The molecule has 7 heteroatoms. The highest BCUT2D eigenvalue weighted by Crippen LogP contribution is 2.28. The molecule has 0 aliphatic rings. The molecule has 150 valence electrons. The molecule has 6 nitrogen and oxygen atoms in total. The van der Waals surface area contributed by atoms with E-state index in [2.05, 4.69) is 10.3 Å². The molecular weight excluding hydrogens is 388 g/mol. The van der Waals surface area contributed by atoms with Crippen molar-refractivity contribution in [1.29, 1.82) is 0 Å². The number of benzene rings is 2. The molecule has 29 heavy (non-hydrogen) atoms. The van der Waals surface area contributed by atoms with Crippen molar-refractivity contribution in [2.75, 3.05) is 26.1 Å². The van der Waals surface area contributed by atoms with Crippen molar-refractivity contribution >= 4 is 28.5 Å². The number of methoxy groups -OCH3 is 2. The minimum atomic E-state index is -0.257. The van der Waals surface area contributed by atoms with Crippen molar-refractivity contribution in [3.8, 4) is 28.5 Å². The van der Waals surface area contributed by atoms with Crippen LogP contribution in [0.5, 0.6) is 17.2 Å². The third-order valence-corrected chi connectivity index (χ3v) is 4.79. The molecule has 1 amide bonds. The van der Waals surface area contributed by atoms with Crippen LogP contribution in [0, 0.1) is 0 Å². The number of hydrogen-bond acceptors (Lipinski definition) is 6. The lowest BCUT2D eigenvalue weighted by Gasteiger charge is -2.07. The van der Waals surface area contributed by atoms with Gasteiger partial charge in [0, 0.05) is 17.0 Å². The lowest BCUT2D eigenvalue weighted by atomic mass is 10.2. The maximum absolute atomic E-state index is 12.2. The Labute approximate surface area is 173 Å². The van der Waals surface area contributed by atoms with Crippen LogP contribution in [-0.4, -0.2) is 31.7 Å². The Morgan fingerprint density at radius 2 is 1.86 bits per heavy atom. The van der Waals surface area contributed by atoms with E-state index in [1.54, 1.807) is 32.4 Å². The molecule has 0 aliphatic heterocycles. The van der Waals surface area contributed by atoms with E-state index in [9.17, 15) is 4.79 Å². The predicted molar refractivity (Wildman–Crippen MR) is 116 cm³/mol. The molecule has 0 atom stereocenters. The van der Waals surface area contributed by atoms with Gasteiger partial charge in [0.15, 0.2) is 16.6 Å². The molecule has 0 spiro atoms. The average molecular weight is 410 g/mol. The fourth-order valence-electron chi connectivity index (χ4n) is 2.63. The lowest BCUT2D eigenvalue weighted by Crippen LogP contribution is -2.07. The van der Waals surface area contributed by atoms with Crippen molar-refractivity contribution < 1.29 is 19.0 Å². The van der Waals surface area contributed by atoms with Gasteiger partial charge in [0.2, 0.25) is 5.91 Å². The maximum atomic E-state index is 12.2. The van der Waals surface area contributed by atoms with Crippen molar-refractivity contribution in [3.63, 3.8) is 0 Å². The van der Waals surface area contributed by atoms with Gasteiger partial charge >= 0.3 is 0 Å². The molecule has 0 saturated heterocycles. The van der Waals surface area contributed by atoms with Crippen LogP contribution < -0.4 is 19.5 Å². The van der Waals surface area contributed by atoms with E-state index >= 15 is 0 Å². The molecule has 3 aromatic rings. The van der Waals surface area contributed by atoms with E-state index in [0.717, 1.165) is 22.6 Å². The van der Waals surface area contributed by atoms with E-state index in [0.29, 0.717) is 23.2 Å². The summed E-state index contributed by atoms with van der Waals surface area (Å²) < 4.78 is 15.9. The molecule has 1 aromatic heterocycles. The summed E-state index contributed by atoms with van der Waals surface area (Å²) in [6.45, 7) is 2.58. The SMILES string of the molecule is CCOc1ccc(-c2csc(NC(=O)C=Cc3ccc(OC)c(OC)c3)n2)cc1. The molecule has 3 rings (SSSR count). The second kappa shape index (κ2) is 9.75. The van der Waals surface area contributed by atoms with Gasteiger partial charge in [-0.3, -0.25) is 10.1 Å². The van der Waals surface area contributed by atoms with Crippen LogP contribution in [0.3, 0.4) is 0 Å². The van der Waals surface area contributed by atoms with Crippen molar-refractivity contribution in [2.45, 2.75) is 6.92 Å². The van der Waals surface area contributed by atoms with Gasteiger partial charge in [0.25, 0.3) is 0 Å². The zero-order valence-corrected chi connectivity index (χ0v) is 17.3. The largest absolute Gasteiger partial charge is 0.494 e. The number of thiazole rings is 1. The molecule has 1 N–H and O–H groups in total. The first kappa shape index (κ1) is 20.4. The number of anilines is 1. The average Bonchev–Trinajstić information content (AvgIpc) is 3.21. The standard InChI is InChI=1S/C22H22N2O4S/c1-4-28-17-9-7-16(8-10-17)18-14-29-22(23-18)24-21(25)12-6-15-5-11-19(26-2)20(13-15)27-3/h5-14H,4H2,1-3H3,(H,23,24,25). The summed E-state index contributed by atoms with van der Waals surface area (Å²) in [5, 5.41) is 5.23.